The molecule has 1 aromatic rings. The monoisotopic (exact) mass is 283 g/mol. The van der Waals surface area contributed by atoms with Crippen LogP contribution in [0, 0.1) is 10.1 Å². The average Bonchev–Trinajstić information content (AvgIpc) is 2.38. The van der Waals surface area contributed by atoms with E-state index in [1.807, 2.05) is 13.8 Å². The molecule has 0 heterocycles. The van der Waals surface area contributed by atoms with Crippen LogP contribution >= 0.6 is 0 Å². The molecule has 112 valence electrons. The Kier molecular flexibility index (Phi) is 5.47. The van der Waals surface area contributed by atoms with Gasteiger partial charge in [0.15, 0.2) is 0 Å². The topological polar surface area (TPSA) is 81.8 Å². The van der Waals surface area contributed by atoms with Crippen molar-refractivity contribution in [1.29, 1.82) is 0 Å². The van der Waals surface area contributed by atoms with Crippen LogP contribution in [0.25, 0.3) is 0 Å². The first-order valence-electron chi connectivity index (χ1n) is 6.41. The Morgan fingerprint density at radius 2 is 2.10 bits per heavy atom. The van der Waals surface area contributed by atoms with Crippen LogP contribution in [0.1, 0.15) is 38.9 Å². The number of nitro benzene ring substituents is 1. The summed E-state index contributed by atoms with van der Waals surface area (Å²) >= 11 is 0. The first-order valence-corrected chi connectivity index (χ1v) is 6.41. The lowest BCUT2D eigenvalue weighted by Crippen LogP contribution is -2.25. The number of hydrogen-bond acceptors (Lipinski definition) is 5. The first-order chi connectivity index (χ1) is 9.26. The molecule has 0 bridgehead atoms. The van der Waals surface area contributed by atoms with E-state index in [4.69, 9.17) is 9.47 Å². The minimum atomic E-state index is -0.833. The largest absolute Gasteiger partial charge is 0.493 e. The van der Waals surface area contributed by atoms with E-state index in [1.165, 1.54) is 18.2 Å². The molecule has 0 aliphatic carbocycles. The van der Waals surface area contributed by atoms with Gasteiger partial charge in [-0.3, -0.25) is 10.1 Å². The van der Waals surface area contributed by atoms with E-state index in [0.29, 0.717) is 24.3 Å². The highest BCUT2D eigenvalue weighted by molar-refractivity contribution is 5.44. The highest BCUT2D eigenvalue weighted by Gasteiger charge is 2.18. The molecule has 0 fully saturated rings. The zero-order valence-corrected chi connectivity index (χ0v) is 12.3. The first kappa shape index (κ1) is 16.4. The highest BCUT2D eigenvalue weighted by Crippen LogP contribution is 2.29. The van der Waals surface area contributed by atoms with Crippen LogP contribution < -0.4 is 4.74 Å². The van der Waals surface area contributed by atoms with Gasteiger partial charge in [0.2, 0.25) is 0 Å². The van der Waals surface area contributed by atoms with E-state index in [-0.39, 0.29) is 11.3 Å². The molecule has 0 saturated carbocycles. The SMILES string of the molecule is COC(C)(C)CCOc1ccc([N+](=O)[O-])cc1[C@H](C)O. The smallest absolute Gasteiger partial charge is 0.270 e. The maximum absolute atomic E-state index is 10.7. The summed E-state index contributed by atoms with van der Waals surface area (Å²) in [5.74, 6) is 0.456. The fourth-order valence-electron chi connectivity index (χ4n) is 1.62. The van der Waals surface area contributed by atoms with Gasteiger partial charge in [0.1, 0.15) is 5.75 Å². The highest BCUT2D eigenvalue weighted by atomic mass is 16.6. The van der Waals surface area contributed by atoms with Gasteiger partial charge in [-0.25, -0.2) is 0 Å². The lowest BCUT2D eigenvalue weighted by Gasteiger charge is -2.23. The van der Waals surface area contributed by atoms with Gasteiger partial charge < -0.3 is 14.6 Å². The summed E-state index contributed by atoms with van der Waals surface area (Å²) in [4.78, 5) is 10.2. The molecule has 0 aromatic heterocycles. The quantitative estimate of drug-likeness (QED) is 0.614. The molecule has 0 spiro atoms. The molecule has 0 aliphatic heterocycles. The van der Waals surface area contributed by atoms with Crippen molar-refractivity contribution in [3.63, 3.8) is 0 Å². The van der Waals surface area contributed by atoms with Crippen LogP contribution in [0.3, 0.4) is 0 Å². The van der Waals surface area contributed by atoms with Crippen LogP contribution in [-0.2, 0) is 4.74 Å². The number of hydrogen-bond donors (Lipinski definition) is 1. The molecule has 1 aromatic carbocycles. The summed E-state index contributed by atoms with van der Waals surface area (Å²) in [5.41, 5.74) is 0.0473. The molecule has 6 nitrogen and oxygen atoms in total. The van der Waals surface area contributed by atoms with Gasteiger partial charge in [-0.2, -0.15) is 0 Å². The molecule has 1 atom stereocenters. The maximum atomic E-state index is 10.7. The molecule has 1 N–H and O–H groups in total. The van der Waals surface area contributed by atoms with Gasteiger partial charge in [0, 0.05) is 31.2 Å². The van der Waals surface area contributed by atoms with E-state index in [2.05, 4.69) is 0 Å². The maximum Gasteiger partial charge on any atom is 0.270 e. The van der Waals surface area contributed by atoms with Gasteiger partial charge in [-0.1, -0.05) is 0 Å². The van der Waals surface area contributed by atoms with Gasteiger partial charge in [0.25, 0.3) is 5.69 Å². The summed E-state index contributed by atoms with van der Waals surface area (Å²) in [6.07, 6.45) is -0.167. The van der Waals surface area contributed by atoms with Crippen molar-refractivity contribution in [2.45, 2.75) is 38.9 Å². The van der Waals surface area contributed by atoms with Gasteiger partial charge in [-0.05, 0) is 26.8 Å². The summed E-state index contributed by atoms with van der Waals surface area (Å²) < 4.78 is 10.9. The molecule has 1 rings (SSSR count). The third-order valence-electron chi connectivity index (χ3n) is 3.17. The standard InChI is InChI=1S/C14H21NO5/c1-10(16)12-9-11(15(17)18)5-6-13(12)20-8-7-14(2,3)19-4/h5-6,9-10,16H,7-8H2,1-4H3/t10-/m0/s1. The summed E-state index contributed by atoms with van der Waals surface area (Å²) in [6.45, 7) is 5.84. The minimum absolute atomic E-state index is 0.0644. The van der Waals surface area contributed by atoms with E-state index in [0.717, 1.165) is 0 Å². The fraction of sp³-hybridized carbons (Fsp3) is 0.571. The molecule has 0 unspecified atom stereocenters. The second-order valence-corrected chi connectivity index (χ2v) is 5.22. The van der Waals surface area contributed by atoms with Crippen molar-refractivity contribution < 1.29 is 19.5 Å². The Bertz CT molecular complexity index is 471. The third kappa shape index (κ3) is 4.47. The number of ether oxygens (including phenoxy) is 2. The number of methoxy groups -OCH3 is 1. The Balaban J connectivity index is 2.82. The van der Waals surface area contributed by atoms with Crippen LogP contribution in [0.4, 0.5) is 5.69 Å². The molecule has 0 saturated heterocycles. The minimum Gasteiger partial charge on any atom is -0.493 e. The predicted molar refractivity (Wildman–Crippen MR) is 74.9 cm³/mol. The molecule has 0 radical (unpaired) electrons. The molecule has 20 heavy (non-hydrogen) atoms. The number of nitro groups is 1. The molecule has 6 heteroatoms. The molecule has 0 amide bonds. The summed E-state index contributed by atoms with van der Waals surface area (Å²) in [7, 11) is 1.63. The Morgan fingerprint density at radius 3 is 2.60 bits per heavy atom. The third-order valence-corrected chi connectivity index (χ3v) is 3.17. The number of aliphatic hydroxyl groups is 1. The van der Waals surface area contributed by atoms with Crippen LogP contribution in [0.5, 0.6) is 5.75 Å². The number of benzene rings is 1. The normalized spacial score (nSPS) is 13.1. The van der Waals surface area contributed by atoms with Crippen molar-refractivity contribution in [3.8, 4) is 5.75 Å². The van der Waals surface area contributed by atoms with Gasteiger partial charge in [-0.15, -0.1) is 0 Å². The Labute approximate surface area is 118 Å². The predicted octanol–water partition coefficient (Wildman–Crippen LogP) is 2.84. The van der Waals surface area contributed by atoms with Crippen molar-refractivity contribution >= 4 is 5.69 Å². The zero-order valence-electron chi connectivity index (χ0n) is 12.3. The van der Waals surface area contributed by atoms with Crippen molar-refractivity contribution in [2.75, 3.05) is 13.7 Å². The fourth-order valence-corrected chi connectivity index (χ4v) is 1.62. The molecule has 0 aliphatic rings. The number of rotatable bonds is 7. The molecular weight excluding hydrogens is 262 g/mol. The van der Waals surface area contributed by atoms with Gasteiger partial charge >= 0.3 is 0 Å². The summed E-state index contributed by atoms with van der Waals surface area (Å²) in [5, 5.41) is 20.4. The second kappa shape index (κ2) is 6.67. The Morgan fingerprint density at radius 1 is 1.45 bits per heavy atom. The number of non-ortho nitro benzene ring substituents is 1. The van der Waals surface area contributed by atoms with Crippen LogP contribution in [0.15, 0.2) is 18.2 Å². The second-order valence-electron chi connectivity index (χ2n) is 5.22. The molecular formula is C14H21NO5. The number of nitrogens with zero attached hydrogens (tertiary/aromatic N) is 1. The van der Waals surface area contributed by atoms with E-state index < -0.39 is 11.0 Å². The van der Waals surface area contributed by atoms with Gasteiger partial charge in [0.05, 0.1) is 23.2 Å². The zero-order chi connectivity index (χ0) is 15.3. The van der Waals surface area contributed by atoms with Crippen LogP contribution in [0.2, 0.25) is 0 Å². The van der Waals surface area contributed by atoms with Crippen molar-refractivity contribution in [1.82, 2.24) is 0 Å². The number of aliphatic hydroxyl groups excluding tert-OH is 1. The van der Waals surface area contributed by atoms with Crippen LogP contribution in [-0.4, -0.2) is 29.3 Å². The van der Waals surface area contributed by atoms with Crippen molar-refractivity contribution in [3.05, 3.63) is 33.9 Å². The van der Waals surface area contributed by atoms with E-state index >= 15 is 0 Å². The van der Waals surface area contributed by atoms with Crippen molar-refractivity contribution in [2.24, 2.45) is 0 Å². The Hall–Kier alpha value is -1.66. The van der Waals surface area contributed by atoms with E-state index in [9.17, 15) is 15.2 Å². The summed E-state index contributed by atoms with van der Waals surface area (Å²) in [6, 6.07) is 4.21. The lowest BCUT2D eigenvalue weighted by atomic mass is 10.1. The van der Waals surface area contributed by atoms with E-state index in [1.54, 1.807) is 14.0 Å². The average molecular weight is 283 g/mol. The lowest BCUT2D eigenvalue weighted by molar-refractivity contribution is -0.385.